The first-order chi connectivity index (χ1) is 9.24. The minimum atomic E-state index is 0.193. The van der Waals surface area contributed by atoms with Crippen LogP contribution in [0.4, 0.5) is 0 Å². The maximum atomic E-state index is 12.4. The molecular weight excluding hydrogens is 351 g/mol. The van der Waals surface area contributed by atoms with Crippen LogP contribution in [-0.4, -0.2) is 47.9 Å². The zero-order chi connectivity index (χ0) is 13.2. The molecule has 0 N–H and O–H groups in total. The summed E-state index contributed by atoms with van der Waals surface area (Å²) < 4.78 is 1.17. The zero-order valence-electron chi connectivity index (χ0n) is 11.0. The molecule has 2 aliphatic rings. The summed E-state index contributed by atoms with van der Waals surface area (Å²) in [4.78, 5) is 17.0. The Balaban J connectivity index is 1.63. The van der Waals surface area contributed by atoms with Crippen LogP contribution in [0.15, 0.2) is 24.3 Å². The van der Waals surface area contributed by atoms with E-state index in [9.17, 15) is 4.79 Å². The van der Waals surface area contributed by atoms with Crippen LogP contribution < -0.4 is 0 Å². The minimum absolute atomic E-state index is 0.193. The molecule has 1 unspecified atom stereocenters. The predicted octanol–water partition coefficient (Wildman–Crippen LogP) is 2.60. The summed E-state index contributed by atoms with van der Waals surface area (Å²) in [5, 5.41) is 0. The van der Waals surface area contributed by atoms with E-state index in [1.807, 2.05) is 29.2 Å². The maximum Gasteiger partial charge on any atom is 0.253 e. The molecule has 102 valence electrons. The lowest BCUT2D eigenvalue weighted by Gasteiger charge is -2.23. The van der Waals surface area contributed by atoms with Gasteiger partial charge in [0.15, 0.2) is 0 Å². The van der Waals surface area contributed by atoms with Crippen LogP contribution in [0.5, 0.6) is 0 Å². The molecule has 0 aromatic heterocycles. The Hall–Kier alpha value is -0.620. The molecule has 0 aliphatic carbocycles. The number of benzene rings is 1. The first kappa shape index (κ1) is 13.4. The molecule has 3 nitrogen and oxygen atoms in total. The second-order valence-corrected chi connectivity index (χ2v) is 6.69. The van der Waals surface area contributed by atoms with Crippen LogP contribution in [0, 0.1) is 3.57 Å². The monoisotopic (exact) mass is 370 g/mol. The summed E-state index contributed by atoms with van der Waals surface area (Å²) in [6, 6.07) is 8.47. The number of hydrogen-bond acceptors (Lipinski definition) is 2. The Kier molecular flexibility index (Phi) is 4.07. The standard InChI is InChI=1S/C15H19IN2O/c16-13-5-3-12(4-6-13)15(19)18-10-7-14(11-18)17-8-1-2-9-17/h3-6,14H,1-2,7-11H2. The number of carbonyl (C=O) groups is 1. The fraction of sp³-hybridized carbons (Fsp3) is 0.533. The van der Waals surface area contributed by atoms with Gasteiger partial charge in [-0.05, 0) is 79.2 Å². The van der Waals surface area contributed by atoms with E-state index in [1.54, 1.807) is 0 Å². The third-order valence-electron chi connectivity index (χ3n) is 4.20. The van der Waals surface area contributed by atoms with Gasteiger partial charge >= 0.3 is 0 Å². The molecule has 2 fully saturated rings. The number of halogens is 1. The highest BCUT2D eigenvalue weighted by Crippen LogP contribution is 2.22. The number of nitrogens with zero attached hydrogens (tertiary/aromatic N) is 2. The van der Waals surface area contributed by atoms with Crippen LogP contribution in [0.25, 0.3) is 0 Å². The molecule has 0 radical (unpaired) electrons. The van der Waals surface area contributed by atoms with Gasteiger partial charge in [-0.15, -0.1) is 0 Å². The van der Waals surface area contributed by atoms with Gasteiger partial charge in [-0.25, -0.2) is 0 Å². The van der Waals surface area contributed by atoms with Crippen molar-refractivity contribution in [2.24, 2.45) is 0 Å². The highest BCUT2D eigenvalue weighted by Gasteiger charge is 2.31. The van der Waals surface area contributed by atoms with Gasteiger partial charge in [0.05, 0.1) is 0 Å². The van der Waals surface area contributed by atoms with E-state index >= 15 is 0 Å². The minimum Gasteiger partial charge on any atom is -0.337 e. The summed E-state index contributed by atoms with van der Waals surface area (Å²) in [7, 11) is 0. The van der Waals surface area contributed by atoms with E-state index in [2.05, 4.69) is 27.5 Å². The SMILES string of the molecule is O=C(c1ccc(I)cc1)N1CCC(N2CCCC2)C1. The Morgan fingerprint density at radius 1 is 1.11 bits per heavy atom. The molecule has 1 aromatic rings. The molecule has 2 saturated heterocycles. The summed E-state index contributed by atoms with van der Waals surface area (Å²) in [6.45, 7) is 4.25. The van der Waals surface area contributed by atoms with Gasteiger partial charge in [0.2, 0.25) is 0 Å². The van der Waals surface area contributed by atoms with Gasteiger partial charge in [0.1, 0.15) is 0 Å². The average molecular weight is 370 g/mol. The van der Waals surface area contributed by atoms with Crippen molar-refractivity contribution < 1.29 is 4.79 Å². The van der Waals surface area contributed by atoms with Crippen molar-refractivity contribution >= 4 is 28.5 Å². The maximum absolute atomic E-state index is 12.4. The quantitative estimate of drug-likeness (QED) is 0.748. The number of likely N-dealkylation sites (tertiary alicyclic amines) is 2. The third kappa shape index (κ3) is 2.94. The van der Waals surface area contributed by atoms with Crippen LogP contribution in [-0.2, 0) is 0 Å². The first-order valence-corrected chi connectivity index (χ1v) is 8.11. The van der Waals surface area contributed by atoms with E-state index in [0.717, 1.165) is 25.1 Å². The van der Waals surface area contributed by atoms with Gasteiger partial charge in [-0.1, -0.05) is 0 Å². The van der Waals surface area contributed by atoms with Crippen LogP contribution in [0.1, 0.15) is 29.6 Å². The smallest absolute Gasteiger partial charge is 0.253 e. The Morgan fingerprint density at radius 3 is 2.47 bits per heavy atom. The molecule has 4 heteroatoms. The van der Waals surface area contributed by atoms with Gasteiger partial charge in [0, 0.05) is 28.3 Å². The molecule has 2 heterocycles. The lowest BCUT2D eigenvalue weighted by Crippen LogP contribution is -2.37. The molecule has 0 bridgehead atoms. The van der Waals surface area contributed by atoms with Crippen LogP contribution >= 0.6 is 22.6 Å². The molecule has 1 aromatic carbocycles. The molecule has 3 rings (SSSR count). The molecule has 1 amide bonds. The zero-order valence-corrected chi connectivity index (χ0v) is 13.2. The van der Waals surface area contributed by atoms with Gasteiger partial charge in [0.25, 0.3) is 5.91 Å². The topological polar surface area (TPSA) is 23.6 Å². The van der Waals surface area contributed by atoms with Gasteiger partial charge in [-0.3, -0.25) is 9.69 Å². The van der Waals surface area contributed by atoms with Gasteiger partial charge < -0.3 is 4.90 Å². The van der Waals surface area contributed by atoms with Crippen LogP contribution in [0.2, 0.25) is 0 Å². The van der Waals surface area contributed by atoms with E-state index in [1.165, 1.54) is 29.5 Å². The van der Waals surface area contributed by atoms with Crippen molar-refractivity contribution in [2.45, 2.75) is 25.3 Å². The van der Waals surface area contributed by atoms with Crippen molar-refractivity contribution in [2.75, 3.05) is 26.2 Å². The van der Waals surface area contributed by atoms with Crippen LogP contribution in [0.3, 0.4) is 0 Å². The molecule has 0 saturated carbocycles. The number of hydrogen-bond donors (Lipinski definition) is 0. The molecule has 1 atom stereocenters. The second kappa shape index (κ2) is 5.79. The number of carbonyl (C=O) groups excluding carboxylic acids is 1. The molecule has 19 heavy (non-hydrogen) atoms. The highest BCUT2D eigenvalue weighted by molar-refractivity contribution is 14.1. The average Bonchev–Trinajstić information content (AvgIpc) is 3.10. The molecular formula is C15H19IN2O. The summed E-state index contributed by atoms with van der Waals surface area (Å²) in [5.41, 5.74) is 0.822. The Bertz CT molecular complexity index is 454. The van der Waals surface area contributed by atoms with Gasteiger partial charge in [-0.2, -0.15) is 0 Å². The van der Waals surface area contributed by atoms with Crippen molar-refractivity contribution in [3.05, 3.63) is 33.4 Å². The summed E-state index contributed by atoms with van der Waals surface area (Å²) in [5.74, 6) is 0.193. The molecule has 2 aliphatic heterocycles. The highest BCUT2D eigenvalue weighted by atomic mass is 127. The normalized spacial score (nSPS) is 24.1. The number of amides is 1. The summed E-state index contributed by atoms with van der Waals surface area (Å²) >= 11 is 2.27. The first-order valence-electron chi connectivity index (χ1n) is 7.03. The van der Waals surface area contributed by atoms with Crippen molar-refractivity contribution in [1.82, 2.24) is 9.80 Å². The number of rotatable bonds is 2. The molecule has 0 spiro atoms. The lowest BCUT2D eigenvalue weighted by atomic mass is 10.2. The third-order valence-corrected chi connectivity index (χ3v) is 4.92. The Labute approximate surface area is 128 Å². The Morgan fingerprint density at radius 2 is 1.79 bits per heavy atom. The van der Waals surface area contributed by atoms with Crippen molar-refractivity contribution in [3.63, 3.8) is 0 Å². The fourth-order valence-electron chi connectivity index (χ4n) is 3.11. The largest absolute Gasteiger partial charge is 0.337 e. The lowest BCUT2D eigenvalue weighted by molar-refractivity contribution is 0.0780. The second-order valence-electron chi connectivity index (χ2n) is 5.44. The summed E-state index contributed by atoms with van der Waals surface area (Å²) in [6.07, 6.45) is 3.78. The van der Waals surface area contributed by atoms with E-state index < -0.39 is 0 Å². The predicted molar refractivity (Wildman–Crippen MR) is 84.3 cm³/mol. The fourth-order valence-corrected chi connectivity index (χ4v) is 3.47. The van der Waals surface area contributed by atoms with Crippen molar-refractivity contribution in [1.29, 1.82) is 0 Å². The van der Waals surface area contributed by atoms with E-state index in [4.69, 9.17) is 0 Å². The van der Waals surface area contributed by atoms with E-state index in [0.29, 0.717) is 6.04 Å². The van der Waals surface area contributed by atoms with Crippen molar-refractivity contribution in [3.8, 4) is 0 Å². The van der Waals surface area contributed by atoms with E-state index in [-0.39, 0.29) is 5.91 Å².